The number of phenols is 2. The number of carbonyl (C=O) groups is 3. The van der Waals surface area contributed by atoms with Crippen molar-refractivity contribution in [2.45, 2.75) is 39.7 Å². The first kappa shape index (κ1) is 22.5. The van der Waals surface area contributed by atoms with Crippen LogP contribution in [0.15, 0.2) is 53.6 Å². The quantitative estimate of drug-likeness (QED) is 0.258. The van der Waals surface area contributed by atoms with Gasteiger partial charge in [0.25, 0.3) is 0 Å². The van der Waals surface area contributed by atoms with Crippen molar-refractivity contribution in [2.24, 2.45) is 0 Å². The van der Waals surface area contributed by atoms with Gasteiger partial charge in [0.1, 0.15) is 34.0 Å². The van der Waals surface area contributed by atoms with Crippen molar-refractivity contribution in [3.8, 4) is 17.2 Å². The summed E-state index contributed by atoms with van der Waals surface area (Å²) in [6.07, 6.45) is 3.06. The van der Waals surface area contributed by atoms with Gasteiger partial charge >= 0.3 is 0 Å². The molecule has 0 amide bonds. The number of phenolic OH excluding ortho intramolecular Hbond substituents is 2. The second-order valence-corrected chi connectivity index (χ2v) is 9.10. The molecule has 4 N–H and O–H groups in total. The largest absolute Gasteiger partial charge is 0.507 e. The minimum Gasteiger partial charge on any atom is -0.507 e. The van der Waals surface area contributed by atoms with Crippen LogP contribution in [0, 0.1) is 6.92 Å². The Morgan fingerprint density at radius 2 is 1.89 bits per heavy atom. The molecule has 0 saturated heterocycles. The molecule has 0 spiro atoms. The van der Waals surface area contributed by atoms with Gasteiger partial charge in [-0.2, -0.15) is 0 Å². The number of aromatic nitrogens is 1. The van der Waals surface area contributed by atoms with Gasteiger partial charge in [-0.3, -0.25) is 14.4 Å². The Morgan fingerprint density at radius 3 is 2.60 bits per heavy atom. The highest BCUT2D eigenvalue weighted by Crippen LogP contribution is 2.57. The summed E-state index contributed by atoms with van der Waals surface area (Å²) in [5.41, 5.74) is 0.777. The molecule has 0 fully saturated rings. The molecular formula is C27H24N2O6. The zero-order chi connectivity index (χ0) is 25.2. The number of rotatable bonds is 4. The third kappa shape index (κ3) is 3.02. The molecule has 5 rings (SSSR count). The topological polar surface area (TPSA) is 129 Å². The Hall–Kier alpha value is -4.33. The molecule has 0 unspecified atom stereocenters. The van der Waals surface area contributed by atoms with Gasteiger partial charge in [-0.15, -0.1) is 0 Å². The smallest absolute Gasteiger partial charge is 0.194 e. The predicted molar refractivity (Wildman–Crippen MR) is 128 cm³/mol. The normalized spacial score (nSPS) is 20.3. The fourth-order valence-electron chi connectivity index (χ4n) is 4.98. The van der Waals surface area contributed by atoms with Crippen LogP contribution in [0.2, 0.25) is 0 Å². The highest BCUT2D eigenvalue weighted by Gasteiger charge is 2.56. The van der Waals surface area contributed by atoms with Crippen LogP contribution >= 0.6 is 0 Å². The van der Waals surface area contributed by atoms with Crippen molar-refractivity contribution in [1.82, 2.24) is 10.3 Å². The van der Waals surface area contributed by atoms with Gasteiger partial charge in [-0.25, -0.2) is 0 Å². The van der Waals surface area contributed by atoms with Gasteiger partial charge < -0.3 is 25.3 Å². The zero-order valence-corrected chi connectivity index (χ0v) is 19.7. The van der Waals surface area contributed by atoms with Crippen LogP contribution in [0.4, 0.5) is 0 Å². The van der Waals surface area contributed by atoms with Crippen molar-refractivity contribution >= 4 is 28.3 Å². The molecule has 1 aliphatic heterocycles. The lowest BCUT2D eigenvalue weighted by molar-refractivity contribution is -0.123. The maximum Gasteiger partial charge on any atom is 0.194 e. The van der Waals surface area contributed by atoms with Gasteiger partial charge in [0.05, 0.1) is 11.1 Å². The van der Waals surface area contributed by atoms with Crippen molar-refractivity contribution in [2.75, 3.05) is 0 Å². The van der Waals surface area contributed by atoms with Crippen LogP contribution < -0.4 is 10.1 Å². The van der Waals surface area contributed by atoms with E-state index >= 15 is 0 Å². The molecule has 2 aromatic carbocycles. The first-order valence-corrected chi connectivity index (χ1v) is 11.2. The molecule has 178 valence electrons. The Morgan fingerprint density at radius 1 is 1.14 bits per heavy atom. The van der Waals surface area contributed by atoms with E-state index in [1.807, 2.05) is 30.5 Å². The van der Waals surface area contributed by atoms with Crippen LogP contribution in [0.5, 0.6) is 17.2 Å². The summed E-state index contributed by atoms with van der Waals surface area (Å²) in [5.74, 6) is -2.43. The number of allylic oxidation sites excluding steroid dienone is 4. The third-order valence-electron chi connectivity index (χ3n) is 6.99. The molecule has 8 nitrogen and oxygen atoms in total. The summed E-state index contributed by atoms with van der Waals surface area (Å²) in [7, 11) is 0. The number of benzene rings is 2. The van der Waals surface area contributed by atoms with Gasteiger partial charge in [-0.1, -0.05) is 12.1 Å². The summed E-state index contributed by atoms with van der Waals surface area (Å²) >= 11 is 0. The average Bonchev–Trinajstić information content (AvgIpc) is 3.39. The number of ether oxygens (including phenoxy) is 1. The number of aromatic hydroxyl groups is 2. The number of hydrogen-bond acceptors (Lipinski definition) is 7. The standard InChI is InChI=1S/C27H24N2O6/c1-12-23(32)21(14(3)30)25-22(24(12)33)27(4)19(35-25)10-18(31)20(26(27)34)13(2)29-11-15-6-5-7-17-16(15)8-9-28-17/h5-10,28-29,32-33H,11H2,1-4H3/b20-13+/t27-/m0/s1. The SMILES string of the molecule is CC(=O)c1c(O)c(C)c(O)c2c1OC1=CC(=O)/C(=C(/C)NCc3cccc4[nH]ccc34)C(=O)[C@@]12C. The molecule has 3 aromatic rings. The van der Waals surface area contributed by atoms with E-state index < -0.39 is 28.5 Å². The Labute approximate surface area is 200 Å². The summed E-state index contributed by atoms with van der Waals surface area (Å²) in [4.78, 5) is 42.3. The monoisotopic (exact) mass is 472 g/mol. The van der Waals surface area contributed by atoms with E-state index in [9.17, 15) is 24.6 Å². The van der Waals surface area contributed by atoms with Gasteiger partial charge in [0, 0.05) is 41.0 Å². The number of carbonyl (C=O) groups excluding carboxylic acids is 3. The maximum atomic E-state index is 13.9. The molecule has 8 heteroatoms. The van der Waals surface area contributed by atoms with Gasteiger partial charge in [0.15, 0.2) is 17.3 Å². The number of ketones is 3. The molecule has 1 atom stereocenters. The second kappa shape index (κ2) is 7.59. The molecule has 0 saturated carbocycles. The zero-order valence-electron chi connectivity index (χ0n) is 19.7. The van der Waals surface area contributed by atoms with Crippen LogP contribution in [-0.4, -0.2) is 32.5 Å². The minimum absolute atomic E-state index is 0.0129. The van der Waals surface area contributed by atoms with Crippen LogP contribution in [0.25, 0.3) is 10.9 Å². The minimum atomic E-state index is -1.53. The van der Waals surface area contributed by atoms with E-state index in [1.54, 1.807) is 13.8 Å². The molecule has 2 heterocycles. The lowest BCUT2D eigenvalue weighted by atomic mass is 9.70. The molecular weight excluding hydrogens is 448 g/mol. The fourth-order valence-corrected chi connectivity index (χ4v) is 4.98. The lowest BCUT2D eigenvalue weighted by Gasteiger charge is -2.29. The first-order valence-electron chi connectivity index (χ1n) is 11.2. The van der Waals surface area contributed by atoms with Crippen molar-refractivity contribution < 1.29 is 29.3 Å². The Kier molecular flexibility index (Phi) is 4.87. The van der Waals surface area contributed by atoms with Crippen LogP contribution in [-0.2, 0) is 21.5 Å². The molecule has 35 heavy (non-hydrogen) atoms. The number of aromatic amines is 1. The fraction of sp³-hybridized carbons (Fsp3) is 0.222. The third-order valence-corrected chi connectivity index (χ3v) is 6.99. The summed E-state index contributed by atoms with van der Waals surface area (Å²) in [6, 6.07) is 7.81. The van der Waals surface area contributed by atoms with Crippen molar-refractivity contribution in [3.63, 3.8) is 0 Å². The average molecular weight is 472 g/mol. The number of Topliss-reactive ketones (excluding diaryl/α,β-unsaturated/α-hetero) is 2. The predicted octanol–water partition coefficient (Wildman–Crippen LogP) is 3.84. The highest BCUT2D eigenvalue weighted by molar-refractivity contribution is 6.31. The molecule has 2 aliphatic rings. The molecule has 0 radical (unpaired) electrons. The van der Waals surface area contributed by atoms with E-state index in [0.29, 0.717) is 12.2 Å². The van der Waals surface area contributed by atoms with Crippen LogP contribution in [0.3, 0.4) is 0 Å². The lowest BCUT2D eigenvalue weighted by Crippen LogP contribution is -2.41. The molecule has 1 aromatic heterocycles. The van der Waals surface area contributed by atoms with Crippen molar-refractivity contribution in [1.29, 1.82) is 0 Å². The summed E-state index contributed by atoms with van der Waals surface area (Å²) < 4.78 is 5.79. The van der Waals surface area contributed by atoms with E-state index in [-0.39, 0.29) is 39.5 Å². The van der Waals surface area contributed by atoms with Crippen LogP contribution in [0.1, 0.15) is 47.8 Å². The molecule has 1 aliphatic carbocycles. The summed E-state index contributed by atoms with van der Waals surface area (Å²) in [6.45, 7) is 6.30. The molecule has 0 bridgehead atoms. The maximum absolute atomic E-state index is 13.9. The first-order chi connectivity index (χ1) is 16.6. The number of hydrogen-bond donors (Lipinski definition) is 4. The Balaban J connectivity index is 1.60. The van der Waals surface area contributed by atoms with E-state index in [2.05, 4.69) is 10.3 Å². The van der Waals surface area contributed by atoms with E-state index in [0.717, 1.165) is 16.5 Å². The second-order valence-electron chi connectivity index (χ2n) is 9.10. The van der Waals surface area contributed by atoms with Gasteiger partial charge in [-0.05, 0) is 45.4 Å². The number of H-pyrrole nitrogens is 1. The van der Waals surface area contributed by atoms with E-state index in [4.69, 9.17) is 4.74 Å². The van der Waals surface area contributed by atoms with Crippen molar-refractivity contribution in [3.05, 3.63) is 75.8 Å². The summed E-state index contributed by atoms with van der Waals surface area (Å²) in [5, 5.41) is 25.6. The van der Waals surface area contributed by atoms with Gasteiger partial charge in [0.2, 0.25) is 0 Å². The highest BCUT2D eigenvalue weighted by atomic mass is 16.5. The number of nitrogens with one attached hydrogen (secondary N) is 2. The van der Waals surface area contributed by atoms with E-state index in [1.165, 1.54) is 19.9 Å². The Bertz CT molecular complexity index is 1540. The number of fused-ring (bicyclic) bond motifs is 4.